The van der Waals surface area contributed by atoms with Gasteiger partial charge in [-0.3, -0.25) is 0 Å². The van der Waals surface area contributed by atoms with E-state index in [0.29, 0.717) is 19.8 Å². The number of fused-ring (bicyclic) bond motifs is 1. The Kier molecular flexibility index (Phi) is 3.46. The Morgan fingerprint density at radius 1 is 1.32 bits per heavy atom. The van der Waals surface area contributed by atoms with E-state index < -0.39 is 0 Å². The molecule has 2 aromatic rings. The van der Waals surface area contributed by atoms with E-state index in [1.807, 2.05) is 18.2 Å². The number of para-hydroxylation sites is 1. The van der Waals surface area contributed by atoms with Gasteiger partial charge in [-0.25, -0.2) is 0 Å². The lowest BCUT2D eigenvalue weighted by molar-refractivity contribution is 0.0794. The van der Waals surface area contributed by atoms with E-state index in [-0.39, 0.29) is 0 Å². The number of aromatic nitrogens is 3. The second kappa shape index (κ2) is 5.40. The van der Waals surface area contributed by atoms with Gasteiger partial charge in [0.1, 0.15) is 19.0 Å². The zero-order valence-electron chi connectivity index (χ0n) is 11.0. The van der Waals surface area contributed by atoms with Crippen molar-refractivity contribution in [1.82, 2.24) is 14.8 Å². The Balaban J connectivity index is 1.74. The van der Waals surface area contributed by atoms with Gasteiger partial charge in [-0.2, -0.15) is 0 Å². The predicted octanol–water partition coefficient (Wildman–Crippen LogP) is 1.95. The minimum absolute atomic E-state index is 0.448. The van der Waals surface area contributed by atoms with Gasteiger partial charge in [0.25, 0.3) is 0 Å². The second-order valence-electron chi connectivity index (χ2n) is 4.49. The van der Waals surface area contributed by atoms with Gasteiger partial charge in [-0.1, -0.05) is 25.1 Å². The molecular weight excluding hydrogens is 242 g/mol. The van der Waals surface area contributed by atoms with Gasteiger partial charge in [0, 0.05) is 6.54 Å². The van der Waals surface area contributed by atoms with E-state index in [1.54, 1.807) is 0 Å². The Morgan fingerprint density at radius 2 is 2.21 bits per heavy atom. The van der Waals surface area contributed by atoms with Crippen molar-refractivity contribution in [2.75, 3.05) is 6.61 Å². The number of aryl methyl sites for hydroxylation is 1. The second-order valence-corrected chi connectivity index (χ2v) is 4.49. The third-order valence-electron chi connectivity index (χ3n) is 3.30. The summed E-state index contributed by atoms with van der Waals surface area (Å²) in [5, 5.41) is 8.30. The number of nitrogens with zero attached hydrogens (tertiary/aromatic N) is 3. The molecule has 0 bridgehead atoms. The van der Waals surface area contributed by atoms with Crippen LogP contribution in [0.5, 0.6) is 5.75 Å². The van der Waals surface area contributed by atoms with E-state index in [4.69, 9.17) is 9.47 Å². The zero-order valence-corrected chi connectivity index (χ0v) is 11.0. The average Bonchev–Trinajstić information content (AvgIpc) is 2.89. The molecule has 0 fully saturated rings. The molecular formula is C14H17N3O2. The van der Waals surface area contributed by atoms with Crippen LogP contribution in [0.25, 0.3) is 0 Å². The molecule has 0 aliphatic carbocycles. The molecule has 1 aromatic carbocycles. The quantitative estimate of drug-likeness (QED) is 0.842. The van der Waals surface area contributed by atoms with Crippen LogP contribution in [0.2, 0.25) is 0 Å². The summed E-state index contributed by atoms with van der Waals surface area (Å²) in [7, 11) is 0. The standard InChI is InChI=1S/C14H17N3O2/c1-2-11-5-3-4-6-12(11)19-10-14-16-15-13-9-18-8-7-17(13)14/h3-6H,2,7-10H2,1H3. The van der Waals surface area contributed by atoms with E-state index in [9.17, 15) is 0 Å². The molecule has 5 nitrogen and oxygen atoms in total. The molecule has 0 radical (unpaired) electrons. The molecule has 0 atom stereocenters. The van der Waals surface area contributed by atoms with Crippen LogP contribution < -0.4 is 4.74 Å². The monoisotopic (exact) mass is 259 g/mol. The molecule has 0 saturated carbocycles. The van der Waals surface area contributed by atoms with E-state index in [0.717, 1.165) is 30.4 Å². The molecule has 1 aliphatic heterocycles. The fraction of sp³-hybridized carbons (Fsp3) is 0.429. The van der Waals surface area contributed by atoms with Crippen molar-refractivity contribution in [3.8, 4) is 5.75 Å². The Morgan fingerprint density at radius 3 is 3.11 bits per heavy atom. The molecule has 19 heavy (non-hydrogen) atoms. The van der Waals surface area contributed by atoms with Crippen molar-refractivity contribution in [1.29, 1.82) is 0 Å². The lowest BCUT2D eigenvalue weighted by Gasteiger charge is -2.16. The van der Waals surface area contributed by atoms with Crippen LogP contribution in [0, 0.1) is 0 Å². The molecule has 100 valence electrons. The van der Waals surface area contributed by atoms with Crippen molar-refractivity contribution in [3.05, 3.63) is 41.5 Å². The van der Waals surface area contributed by atoms with Crippen molar-refractivity contribution in [2.45, 2.75) is 33.1 Å². The zero-order chi connectivity index (χ0) is 13.1. The normalized spacial score (nSPS) is 14.2. The van der Waals surface area contributed by atoms with Crippen molar-refractivity contribution in [2.24, 2.45) is 0 Å². The molecule has 0 N–H and O–H groups in total. The van der Waals surface area contributed by atoms with Crippen molar-refractivity contribution >= 4 is 0 Å². The summed E-state index contributed by atoms with van der Waals surface area (Å²) in [5.41, 5.74) is 1.21. The van der Waals surface area contributed by atoms with Crippen LogP contribution in [0.15, 0.2) is 24.3 Å². The van der Waals surface area contributed by atoms with Crippen LogP contribution in [-0.2, 0) is 30.9 Å². The first-order valence-electron chi connectivity index (χ1n) is 6.58. The predicted molar refractivity (Wildman–Crippen MR) is 69.8 cm³/mol. The summed E-state index contributed by atoms with van der Waals surface area (Å²) in [6.07, 6.45) is 0.960. The van der Waals surface area contributed by atoms with E-state index >= 15 is 0 Å². The van der Waals surface area contributed by atoms with E-state index in [2.05, 4.69) is 27.8 Å². The maximum absolute atomic E-state index is 5.87. The van der Waals surface area contributed by atoms with Crippen LogP contribution in [-0.4, -0.2) is 21.4 Å². The van der Waals surface area contributed by atoms with Gasteiger partial charge in [0.15, 0.2) is 11.6 Å². The van der Waals surface area contributed by atoms with Gasteiger partial charge in [0.05, 0.1) is 6.61 Å². The molecule has 1 aliphatic rings. The van der Waals surface area contributed by atoms with E-state index in [1.165, 1.54) is 5.56 Å². The highest BCUT2D eigenvalue weighted by Gasteiger charge is 2.16. The number of hydrogen-bond acceptors (Lipinski definition) is 4. The maximum Gasteiger partial charge on any atom is 0.171 e. The Bertz CT molecular complexity index is 566. The molecule has 0 saturated heterocycles. The summed E-state index contributed by atoms with van der Waals surface area (Å²) in [6, 6.07) is 8.10. The molecule has 3 rings (SSSR count). The van der Waals surface area contributed by atoms with Gasteiger partial charge >= 0.3 is 0 Å². The fourth-order valence-electron chi connectivity index (χ4n) is 2.24. The third kappa shape index (κ3) is 2.46. The number of rotatable bonds is 4. The molecule has 0 spiro atoms. The SMILES string of the molecule is CCc1ccccc1OCc1nnc2n1CCOC2. The largest absolute Gasteiger partial charge is 0.485 e. The highest BCUT2D eigenvalue weighted by Crippen LogP contribution is 2.20. The summed E-state index contributed by atoms with van der Waals surface area (Å²) in [6.45, 7) is 4.63. The van der Waals surface area contributed by atoms with Crippen LogP contribution in [0.1, 0.15) is 24.1 Å². The summed E-state index contributed by atoms with van der Waals surface area (Å²) in [4.78, 5) is 0. The van der Waals surface area contributed by atoms with Crippen LogP contribution in [0.4, 0.5) is 0 Å². The lowest BCUT2D eigenvalue weighted by atomic mass is 10.1. The fourth-order valence-corrected chi connectivity index (χ4v) is 2.24. The number of hydrogen-bond donors (Lipinski definition) is 0. The summed E-state index contributed by atoms with van der Waals surface area (Å²) in [5.74, 6) is 2.67. The highest BCUT2D eigenvalue weighted by molar-refractivity contribution is 5.33. The van der Waals surface area contributed by atoms with Crippen molar-refractivity contribution < 1.29 is 9.47 Å². The summed E-state index contributed by atoms with van der Waals surface area (Å²) >= 11 is 0. The smallest absolute Gasteiger partial charge is 0.171 e. The maximum atomic E-state index is 5.87. The van der Waals surface area contributed by atoms with Gasteiger partial charge in [-0.05, 0) is 18.1 Å². The van der Waals surface area contributed by atoms with Crippen molar-refractivity contribution in [3.63, 3.8) is 0 Å². The first kappa shape index (κ1) is 12.2. The first-order chi connectivity index (χ1) is 9.38. The van der Waals surface area contributed by atoms with Gasteiger partial charge < -0.3 is 14.0 Å². The number of ether oxygens (including phenoxy) is 2. The van der Waals surface area contributed by atoms with Gasteiger partial charge in [0.2, 0.25) is 0 Å². The molecule has 0 amide bonds. The van der Waals surface area contributed by atoms with Crippen LogP contribution in [0.3, 0.4) is 0 Å². The third-order valence-corrected chi connectivity index (χ3v) is 3.30. The van der Waals surface area contributed by atoms with Crippen LogP contribution >= 0.6 is 0 Å². The summed E-state index contributed by atoms with van der Waals surface area (Å²) < 4.78 is 13.3. The Hall–Kier alpha value is -1.88. The minimum Gasteiger partial charge on any atom is -0.485 e. The highest BCUT2D eigenvalue weighted by atomic mass is 16.5. The number of benzene rings is 1. The molecule has 2 heterocycles. The average molecular weight is 259 g/mol. The molecule has 0 unspecified atom stereocenters. The topological polar surface area (TPSA) is 49.2 Å². The molecule has 1 aromatic heterocycles. The minimum atomic E-state index is 0.448. The van der Waals surface area contributed by atoms with Gasteiger partial charge in [-0.15, -0.1) is 10.2 Å². The lowest BCUT2D eigenvalue weighted by Crippen LogP contribution is -2.19. The first-order valence-corrected chi connectivity index (χ1v) is 6.58. The Labute approximate surface area is 112 Å². The molecule has 5 heteroatoms.